The molecular weight excluding hydrogens is 456 g/mol. The van der Waals surface area contributed by atoms with E-state index in [-0.39, 0.29) is 34.9 Å². The Labute approximate surface area is 203 Å². The van der Waals surface area contributed by atoms with E-state index in [9.17, 15) is 19.7 Å². The van der Waals surface area contributed by atoms with Crippen LogP contribution < -0.4 is 10.6 Å². The molecule has 0 bridgehead atoms. The third-order valence-corrected chi connectivity index (χ3v) is 7.23. The molecule has 1 saturated carbocycles. The smallest absolute Gasteiger partial charge is 0.270 e. The lowest BCUT2D eigenvalue weighted by atomic mass is 9.86. The van der Waals surface area contributed by atoms with Gasteiger partial charge in [-0.3, -0.25) is 19.7 Å². The zero-order valence-corrected chi connectivity index (χ0v) is 20.8. The summed E-state index contributed by atoms with van der Waals surface area (Å²) < 4.78 is 1.78. The van der Waals surface area contributed by atoms with Crippen molar-refractivity contribution in [3.63, 3.8) is 0 Å². The van der Waals surface area contributed by atoms with Crippen LogP contribution in [0.15, 0.2) is 29.4 Å². The molecule has 3 atom stereocenters. The Morgan fingerprint density at radius 1 is 1.26 bits per heavy atom. The van der Waals surface area contributed by atoms with E-state index in [1.54, 1.807) is 11.6 Å². The molecule has 2 aromatic rings. The van der Waals surface area contributed by atoms with Gasteiger partial charge < -0.3 is 15.2 Å². The van der Waals surface area contributed by atoms with Gasteiger partial charge in [-0.15, -0.1) is 10.2 Å². The fraction of sp³-hybridized carbons (Fsp3) is 0.565. The molecule has 2 N–H and O–H groups in total. The van der Waals surface area contributed by atoms with Gasteiger partial charge in [0.15, 0.2) is 11.0 Å². The van der Waals surface area contributed by atoms with Crippen molar-refractivity contribution in [2.75, 3.05) is 5.75 Å². The minimum absolute atomic E-state index is 0.0144. The Morgan fingerprint density at radius 3 is 2.68 bits per heavy atom. The molecule has 0 radical (unpaired) electrons. The first-order valence-corrected chi connectivity index (χ1v) is 12.5. The minimum atomic E-state index is -0.534. The second-order valence-electron chi connectivity index (χ2n) is 9.13. The van der Waals surface area contributed by atoms with Crippen molar-refractivity contribution in [1.82, 2.24) is 25.4 Å². The highest BCUT2D eigenvalue weighted by atomic mass is 32.2. The highest BCUT2D eigenvalue weighted by Gasteiger charge is 2.27. The molecule has 0 saturated heterocycles. The fourth-order valence-electron chi connectivity index (χ4n) is 4.15. The number of nitro benzene ring substituents is 1. The fourth-order valence-corrected chi connectivity index (χ4v) is 4.88. The zero-order chi connectivity index (χ0) is 24.8. The quantitative estimate of drug-likeness (QED) is 0.313. The van der Waals surface area contributed by atoms with Crippen LogP contribution in [0, 0.1) is 22.0 Å². The summed E-state index contributed by atoms with van der Waals surface area (Å²) in [6, 6.07) is 5.36. The van der Waals surface area contributed by atoms with Gasteiger partial charge in [0.25, 0.3) is 11.6 Å². The van der Waals surface area contributed by atoms with Gasteiger partial charge >= 0.3 is 0 Å². The maximum Gasteiger partial charge on any atom is 0.270 e. The average molecular weight is 489 g/mol. The number of carbonyl (C=O) groups excluding carboxylic acids is 2. The first-order valence-electron chi connectivity index (χ1n) is 11.5. The summed E-state index contributed by atoms with van der Waals surface area (Å²) in [5, 5.41) is 26.2. The number of hydrogen-bond acceptors (Lipinski definition) is 7. The van der Waals surface area contributed by atoms with Gasteiger partial charge in [-0.05, 0) is 30.7 Å². The molecule has 0 spiro atoms. The van der Waals surface area contributed by atoms with Crippen LogP contribution in [-0.4, -0.2) is 43.3 Å². The van der Waals surface area contributed by atoms with E-state index < -0.39 is 16.9 Å². The Hall–Kier alpha value is -2.95. The summed E-state index contributed by atoms with van der Waals surface area (Å²) in [7, 11) is 1.80. The number of nitrogens with zero attached hydrogens (tertiary/aromatic N) is 4. The summed E-state index contributed by atoms with van der Waals surface area (Å²) in [5.74, 6) is 0.817. The number of nitrogens with one attached hydrogen (secondary N) is 2. The summed E-state index contributed by atoms with van der Waals surface area (Å²) in [6.45, 7) is 6.07. The number of benzene rings is 1. The number of non-ortho nitro benzene ring substituents is 1. The number of carbonyl (C=O) groups is 2. The lowest BCUT2D eigenvalue weighted by molar-refractivity contribution is -0.384. The van der Waals surface area contributed by atoms with E-state index in [2.05, 4.69) is 27.8 Å². The molecule has 1 aliphatic rings. The van der Waals surface area contributed by atoms with E-state index in [1.807, 2.05) is 13.8 Å². The second kappa shape index (κ2) is 11.5. The molecule has 2 amide bonds. The Kier molecular flexibility index (Phi) is 8.65. The van der Waals surface area contributed by atoms with Gasteiger partial charge in [0.05, 0.1) is 16.7 Å². The van der Waals surface area contributed by atoms with Crippen molar-refractivity contribution in [2.45, 2.75) is 63.7 Å². The van der Waals surface area contributed by atoms with Crippen molar-refractivity contribution >= 4 is 29.3 Å². The standard InChI is InChI=1S/C23H32N6O4S/c1-14(2)20(25-22(31)16-9-7-10-17(12-16)29(32)33)21-26-27-23(28(21)4)34-13-19(30)24-18-11-6-5-8-15(18)3/h7,9-10,12,14-15,18,20H,5-6,8,11,13H2,1-4H3,(H,24,30)(H,25,31)/t15-,18-,20+/m1/s1. The van der Waals surface area contributed by atoms with Gasteiger partial charge in [0, 0.05) is 30.8 Å². The molecule has 0 aliphatic heterocycles. The Morgan fingerprint density at radius 2 is 2.00 bits per heavy atom. The Balaban J connectivity index is 1.65. The molecule has 1 aliphatic carbocycles. The van der Waals surface area contributed by atoms with E-state index in [0.29, 0.717) is 16.9 Å². The van der Waals surface area contributed by atoms with Crippen LogP contribution in [0.3, 0.4) is 0 Å². The number of rotatable bonds is 9. The van der Waals surface area contributed by atoms with Crippen molar-refractivity contribution in [1.29, 1.82) is 0 Å². The Bertz CT molecular complexity index is 1040. The second-order valence-corrected chi connectivity index (χ2v) is 10.1. The van der Waals surface area contributed by atoms with Crippen LogP contribution in [-0.2, 0) is 11.8 Å². The number of nitro groups is 1. The topological polar surface area (TPSA) is 132 Å². The van der Waals surface area contributed by atoms with Crippen LogP contribution in [0.1, 0.15) is 68.7 Å². The van der Waals surface area contributed by atoms with Crippen LogP contribution in [0.25, 0.3) is 0 Å². The molecule has 1 aromatic heterocycles. The first-order chi connectivity index (χ1) is 16.2. The molecule has 0 unspecified atom stereocenters. The van der Waals surface area contributed by atoms with Gasteiger partial charge in [0.2, 0.25) is 5.91 Å². The van der Waals surface area contributed by atoms with Gasteiger partial charge in [-0.25, -0.2) is 0 Å². The molecule has 1 heterocycles. The lowest BCUT2D eigenvalue weighted by Crippen LogP contribution is -2.41. The third kappa shape index (κ3) is 6.34. The molecule has 11 heteroatoms. The summed E-state index contributed by atoms with van der Waals surface area (Å²) in [5.41, 5.74) is 0.0530. The van der Waals surface area contributed by atoms with Crippen LogP contribution in [0.5, 0.6) is 0 Å². The van der Waals surface area contributed by atoms with Crippen molar-refractivity contribution in [2.24, 2.45) is 18.9 Å². The van der Waals surface area contributed by atoms with Crippen LogP contribution >= 0.6 is 11.8 Å². The van der Waals surface area contributed by atoms with Crippen molar-refractivity contribution < 1.29 is 14.5 Å². The molecule has 1 aromatic carbocycles. The normalized spacial score (nSPS) is 19.0. The summed E-state index contributed by atoms with van der Waals surface area (Å²) in [6.07, 6.45) is 4.53. The number of hydrogen-bond donors (Lipinski definition) is 2. The average Bonchev–Trinajstić information content (AvgIpc) is 3.17. The van der Waals surface area contributed by atoms with Crippen molar-refractivity contribution in [3.05, 3.63) is 45.8 Å². The molecular formula is C23H32N6O4S. The molecule has 184 valence electrons. The van der Waals surface area contributed by atoms with E-state index in [0.717, 1.165) is 19.3 Å². The maximum absolute atomic E-state index is 12.8. The summed E-state index contributed by atoms with van der Waals surface area (Å²) in [4.78, 5) is 35.8. The SMILES string of the molecule is CC(C)[C@H](NC(=O)c1cccc([N+](=O)[O-])c1)c1nnc(SCC(=O)N[C@@H]2CCCC[C@H]2C)n1C. The molecule has 3 rings (SSSR count). The third-order valence-electron chi connectivity index (χ3n) is 6.21. The lowest BCUT2D eigenvalue weighted by Gasteiger charge is -2.29. The first kappa shape index (κ1) is 25.7. The van der Waals surface area contributed by atoms with Gasteiger partial charge in [0.1, 0.15) is 0 Å². The van der Waals surface area contributed by atoms with Crippen molar-refractivity contribution in [3.8, 4) is 0 Å². The minimum Gasteiger partial charge on any atom is -0.352 e. The highest BCUT2D eigenvalue weighted by Crippen LogP contribution is 2.26. The monoisotopic (exact) mass is 488 g/mol. The van der Waals surface area contributed by atoms with E-state index >= 15 is 0 Å². The predicted molar refractivity (Wildman–Crippen MR) is 129 cm³/mol. The van der Waals surface area contributed by atoms with Crippen LogP contribution in [0.2, 0.25) is 0 Å². The maximum atomic E-state index is 12.8. The summed E-state index contributed by atoms with van der Waals surface area (Å²) >= 11 is 1.30. The molecule has 1 fully saturated rings. The van der Waals surface area contributed by atoms with E-state index in [1.165, 1.54) is 42.4 Å². The van der Waals surface area contributed by atoms with Gasteiger partial charge in [-0.1, -0.05) is 51.4 Å². The largest absolute Gasteiger partial charge is 0.352 e. The predicted octanol–water partition coefficient (Wildman–Crippen LogP) is 3.64. The highest BCUT2D eigenvalue weighted by molar-refractivity contribution is 7.99. The molecule has 10 nitrogen and oxygen atoms in total. The molecule has 34 heavy (non-hydrogen) atoms. The van der Waals surface area contributed by atoms with Gasteiger partial charge in [-0.2, -0.15) is 0 Å². The zero-order valence-electron chi connectivity index (χ0n) is 20.0. The van der Waals surface area contributed by atoms with Crippen LogP contribution in [0.4, 0.5) is 5.69 Å². The van der Waals surface area contributed by atoms with E-state index in [4.69, 9.17) is 0 Å². The number of amides is 2. The number of thioether (sulfide) groups is 1. The number of aromatic nitrogens is 3.